The van der Waals surface area contributed by atoms with Gasteiger partial charge in [-0.05, 0) is 19.4 Å². The number of nitriles is 1. The van der Waals surface area contributed by atoms with Gasteiger partial charge in [-0.2, -0.15) is 5.26 Å². The highest BCUT2D eigenvalue weighted by Gasteiger charge is 2.10. The minimum Gasteiger partial charge on any atom is -0.302 e. The van der Waals surface area contributed by atoms with E-state index in [9.17, 15) is 0 Å². The third kappa shape index (κ3) is 5.90. The highest BCUT2D eigenvalue weighted by molar-refractivity contribution is 6.18. The molecule has 0 aromatic carbocycles. The molecule has 0 amide bonds. The van der Waals surface area contributed by atoms with Crippen molar-refractivity contribution in [2.45, 2.75) is 20.8 Å². The molecule has 0 aromatic heterocycles. The smallest absolute Gasteiger partial charge is 0.0666 e. The Kier molecular flexibility index (Phi) is 7.03. The molecule has 2 nitrogen and oxygen atoms in total. The van der Waals surface area contributed by atoms with Crippen LogP contribution in [0.4, 0.5) is 0 Å². The summed E-state index contributed by atoms with van der Waals surface area (Å²) in [5, 5.41) is 8.67. The zero-order valence-electron chi connectivity index (χ0n) is 8.76. The van der Waals surface area contributed by atoms with Gasteiger partial charge >= 0.3 is 0 Å². The largest absolute Gasteiger partial charge is 0.302 e. The predicted octanol–water partition coefficient (Wildman–Crippen LogP) is 2.34. The molecule has 0 rings (SSSR count). The SMILES string of the molecule is CCN(CC(C)C#N)CC(C)CCl. The summed E-state index contributed by atoms with van der Waals surface area (Å²) in [5.74, 6) is 1.31. The van der Waals surface area contributed by atoms with Gasteiger partial charge in [0.25, 0.3) is 0 Å². The lowest BCUT2D eigenvalue weighted by atomic mass is 10.1. The number of nitrogens with zero attached hydrogens (tertiary/aromatic N) is 2. The van der Waals surface area contributed by atoms with Crippen LogP contribution in [0.2, 0.25) is 0 Å². The maximum Gasteiger partial charge on any atom is 0.0666 e. The molecule has 0 aliphatic rings. The minimum absolute atomic E-state index is 0.113. The Hall–Kier alpha value is -0.260. The van der Waals surface area contributed by atoms with Crippen LogP contribution in [0.15, 0.2) is 0 Å². The van der Waals surface area contributed by atoms with E-state index in [0.717, 1.165) is 19.6 Å². The summed E-state index contributed by atoms with van der Waals surface area (Å²) < 4.78 is 0. The summed E-state index contributed by atoms with van der Waals surface area (Å²) in [7, 11) is 0. The maximum absolute atomic E-state index is 8.67. The first-order chi connectivity index (χ1) is 6.13. The third-order valence-electron chi connectivity index (χ3n) is 2.03. The van der Waals surface area contributed by atoms with Crippen LogP contribution < -0.4 is 0 Å². The van der Waals surface area contributed by atoms with Crippen molar-refractivity contribution in [2.75, 3.05) is 25.5 Å². The summed E-state index contributed by atoms with van der Waals surface area (Å²) in [5.41, 5.74) is 0. The molecule has 0 bridgehead atoms. The van der Waals surface area contributed by atoms with Gasteiger partial charge in [0.2, 0.25) is 0 Å². The van der Waals surface area contributed by atoms with Crippen molar-refractivity contribution in [2.24, 2.45) is 11.8 Å². The molecule has 13 heavy (non-hydrogen) atoms. The van der Waals surface area contributed by atoms with Gasteiger partial charge in [-0.25, -0.2) is 0 Å². The Morgan fingerprint density at radius 3 is 2.38 bits per heavy atom. The second-order valence-electron chi connectivity index (χ2n) is 3.64. The summed E-state index contributed by atoms with van der Waals surface area (Å²) >= 11 is 5.73. The fraction of sp³-hybridized carbons (Fsp3) is 0.900. The van der Waals surface area contributed by atoms with Gasteiger partial charge in [0.05, 0.1) is 12.0 Å². The molecule has 0 heterocycles. The number of halogens is 1. The van der Waals surface area contributed by atoms with E-state index in [2.05, 4.69) is 24.8 Å². The first-order valence-electron chi connectivity index (χ1n) is 4.81. The van der Waals surface area contributed by atoms with Crippen molar-refractivity contribution in [3.63, 3.8) is 0 Å². The second kappa shape index (κ2) is 7.17. The van der Waals surface area contributed by atoms with Gasteiger partial charge in [0.1, 0.15) is 0 Å². The van der Waals surface area contributed by atoms with E-state index in [1.165, 1.54) is 0 Å². The molecular weight excluding hydrogens is 184 g/mol. The van der Waals surface area contributed by atoms with E-state index in [1.807, 2.05) is 6.92 Å². The average Bonchev–Trinajstić information content (AvgIpc) is 2.16. The molecule has 0 saturated heterocycles. The van der Waals surface area contributed by atoms with E-state index in [1.54, 1.807) is 0 Å². The Morgan fingerprint density at radius 1 is 1.38 bits per heavy atom. The standard InChI is InChI=1S/C10H19ClN2/c1-4-13(7-9(2)5-11)8-10(3)6-12/h9-10H,4-5,7-8H2,1-3H3. The predicted molar refractivity (Wildman–Crippen MR) is 56.8 cm³/mol. The highest BCUT2D eigenvalue weighted by atomic mass is 35.5. The third-order valence-corrected chi connectivity index (χ3v) is 2.56. The van der Waals surface area contributed by atoms with Gasteiger partial charge in [-0.1, -0.05) is 13.8 Å². The summed E-state index contributed by atoms with van der Waals surface area (Å²) in [6, 6.07) is 2.25. The molecule has 0 aromatic rings. The number of hydrogen-bond acceptors (Lipinski definition) is 2. The normalized spacial score (nSPS) is 15.4. The Morgan fingerprint density at radius 2 is 2.00 bits per heavy atom. The quantitative estimate of drug-likeness (QED) is 0.619. The molecule has 2 atom stereocenters. The van der Waals surface area contributed by atoms with Gasteiger partial charge < -0.3 is 4.90 Å². The van der Waals surface area contributed by atoms with E-state index in [4.69, 9.17) is 16.9 Å². The molecule has 0 saturated carbocycles. The number of hydrogen-bond donors (Lipinski definition) is 0. The summed E-state index contributed by atoms with van der Waals surface area (Å²) in [6.45, 7) is 9.04. The van der Waals surface area contributed by atoms with E-state index in [-0.39, 0.29) is 5.92 Å². The van der Waals surface area contributed by atoms with Crippen molar-refractivity contribution in [3.8, 4) is 6.07 Å². The molecule has 0 fully saturated rings. The van der Waals surface area contributed by atoms with Crippen molar-refractivity contribution in [3.05, 3.63) is 0 Å². The zero-order chi connectivity index (χ0) is 10.3. The summed E-state index contributed by atoms with van der Waals surface area (Å²) in [4.78, 5) is 2.28. The maximum atomic E-state index is 8.67. The van der Waals surface area contributed by atoms with Crippen molar-refractivity contribution < 1.29 is 0 Å². The first-order valence-corrected chi connectivity index (χ1v) is 5.35. The molecule has 0 aliphatic carbocycles. The van der Waals surface area contributed by atoms with E-state index >= 15 is 0 Å². The fourth-order valence-electron chi connectivity index (χ4n) is 1.25. The Balaban J connectivity index is 3.83. The van der Waals surface area contributed by atoms with Crippen molar-refractivity contribution >= 4 is 11.6 Å². The van der Waals surface area contributed by atoms with Crippen LogP contribution >= 0.6 is 11.6 Å². The lowest BCUT2D eigenvalue weighted by molar-refractivity contribution is 0.241. The molecule has 76 valence electrons. The van der Waals surface area contributed by atoms with Gasteiger partial charge in [-0.3, -0.25) is 0 Å². The van der Waals surface area contributed by atoms with Crippen LogP contribution in [-0.4, -0.2) is 30.4 Å². The number of rotatable bonds is 6. The monoisotopic (exact) mass is 202 g/mol. The molecule has 0 spiro atoms. The van der Waals surface area contributed by atoms with Crippen LogP contribution in [0.5, 0.6) is 0 Å². The fourth-order valence-corrected chi connectivity index (χ4v) is 1.35. The second-order valence-corrected chi connectivity index (χ2v) is 3.95. The van der Waals surface area contributed by atoms with Gasteiger partial charge in [-0.15, -0.1) is 11.6 Å². The number of alkyl halides is 1. The van der Waals surface area contributed by atoms with Gasteiger partial charge in [0, 0.05) is 19.0 Å². The van der Waals surface area contributed by atoms with Gasteiger partial charge in [0.15, 0.2) is 0 Å². The first kappa shape index (κ1) is 12.7. The topological polar surface area (TPSA) is 27.0 Å². The van der Waals surface area contributed by atoms with E-state index < -0.39 is 0 Å². The Labute approximate surface area is 86.5 Å². The molecule has 0 aliphatic heterocycles. The molecule has 0 N–H and O–H groups in total. The average molecular weight is 203 g/mol. The van der Waals surface area contributed by atoms with Crippen molar-refractivity contribution in [1.82, 2.24) is 4.90 Å². The zero-order valence-corrected chi connectivity index (χ0v) is 9.51. The lowest BCUT2D eigenvalue weighted by Gasteiger charge is -2.23. The molecular formula is C10H19ClN2. The minimum atomic E-state index is 0.113. The molecule has 3 heteroatoms. The lowest BCUT2D eigenvalue weighted by Crippen LogP contribution is -2.32. The van der Waals surface area contributed by atoms with Crippen LogP contribution in [0.25, 0.3) is 0 Å². The van der Waals surface area contributed by atoms with Crippen LogP contribution in [-0.2, 0) is 0 Å². The highest BCUT2D eigenvalue weighted by Crippen LogP contribution is 2.05. The summed E-state index contributed by atoms with van der Waals surface area (Å²) in [6.07, 6.45) is 0. The van der Waals surface area contributed by atoms with Crippen molar-refractivity contribution in [1.29, 1.82) is 5.26 Å². The van der Waals surface area contributed by atoms with Crippen LogP contribution in [0, 0.1) is 23.2 Å². The van der Waals surface area contributed by atoms with Crippen LogP contribution in [0.3, 0.4) is 0 Å². The molecule has 2 unspecified atom stereocenters. The Bertz CT molecular complexity index is 165. The molecule has 0 radical (unpaired) electrons. The van der Waals surface area contributed by atoms with E-state index in [0.29, 0.717) is 11.8 Å². The van der Waals surface area contributed by atoms with Crippen LogP contribution in [0.1, 0.15) is 20.8 Å².